The van der Waals surface area contributed by atoms with Crippen molar-refractivity contribution in [2.24, 2.45) is 7.05 Å². The molecular formula is C14H17ClN4O. The number of nitrogens with zero attached hydrogens (tertiary/aromatic N) is 4. The monoisotopic (exact) mass is 292 g/mol. The fourth-order valence-electron chi connectivity index (χ4n) is 2.50. The number of hydrogen-bond acceptors (Lipinski definition) is 4. The Hall–Kier alpha value is -1.59. The number of morpholine rings is 1. The zero-order chi connectivity index (χ0) is 14.1. The Labute approximate surface area is 123 Å². The van der Waals surface area contributed by atoms with E-state index in [2.05, 4.69) is 28.0 Å². The lowest BCUT2D eigenvalue weighted by atomic mass is 10.1. The second kappa shape index (κ2) is 5.42. The normalized spacial score (nSPS) is 19.4. The fourth-order valence-corrected chi connectivity index (χ4v) is 2.71. The highest BCUT2D eigenvalue weighted by molar-refractivity contribution is 6.29. The van der Waals surface area contributed by atoms with Gasteiger partial charge in [0.2, 0.25) is 0 Å². The molecule has 3 rings (SSSR count). The number of pyridine rings is 1. The van der Waals surface area contributed by atoms with Gasteiger partial charge in [0, 0.05) is 25.4 Å². The first kappa shape index (κ1) is 13.4. The third-order valence-corrected chi connectivity index (χ3v) is 3.75. The molecule has 1 aliphatic heterocycles. The van der Waals surface area contributed by atoms with Crippen LogP contribution in [0.5, 0.6) is 0 Å². The van der Waals surface area contributed by atoms with Crippen molar-refractivity contribution in [3.05, 3.63) is 29.5 Å². The summed E-state index contributed by atoms with van der Waals surface area (Å²) in [5.74, 6) is 0.893. The SMILES string of the molecule is C[C@@H]1COCCN1c1cc(-c2ccnn2C)cc(Cl)n1. The molecule has 0 radical (unpaired) electrons. The van der Waals surface area contributed by atoms with Crippen LogP contribution in [0.25, 0.3) is 11.3 Å². The predicted molar refractivity (Wildman–Crippen MR) is 79.1 cm³/mol. The number of hydrogen-bond donors (Lipinski definition) is 0. The van der Waals surface area contributed by atoms with Crippen molar-refractivity contribution in [2.45, 2.75) is 13.0 Å². The van der Waals surface area contributed by atoms with E-state index in [0.717, 1.165) is 36.8 Å². The molecule has 0 spiro atoms. The van der Waals surface area contributed by atoms with Crippen LogP contribution in [-0.4, -0.2) is 40.6 Å². The molecule has 1 atom stereocenters. The Kier molecular flexibility index (Phi) is 3.63. The Balaban J connectivity index is 2.00. The molecule has 3 heterocycles. The van der Waals surface area contributed by atoms with E-state index < -0.39 is 0 Å². The van der Waals surface area contributed by atoms with Crippen LogP contribution >= 0.6 is 11.6 Å². The molecule has 1 saturated heterocycles. The Morgan fingerprint density at radius 1 is 1.40 bits per heavy atom. The lowest BCUT2D eigenvalue weighted by Crippen LogP contribution is -2.44. The molecule has 0 aliphatic carbocycles. The molecule has 1 aliphatic rings. The van der Waals surface area contributed by atoms with Crippen molar-refractivity contribution in [1.29, 1.82) is 0 Å². The zero-order valence-electron chi connectivity index (χ0n) is 11.6. The minimum atomic E-state index is 0.300. The summed E-state index contributed by atoms with van der Waals surface area (Å²) in [6.07, 6.45) is 1.78. The molecule has 20 heavy (non-hydrogen) atoms. The quantitative estimate of drug-likeness (QED) is 0.797. The molecule has 0 unspecified atom stereocenters. The Morgan fingerprint density at radius 2 is 2.25 bits per heavy atom. The highest BCUT2D eigenvalue weighted by atomic mass is 35.5. The average molecular weight is 293 g/mol. The number of ether oxygens (including phenoxy) is 1. The zero-order valence-corrected chi connectivity index (χ0v) is 12.3. The van der Waals surface area contributed by atoms with Crippen LogP contribution in [0.4, 0.5) is 5.82 Å². The van der Waals surface area contributed by atoms with Gasteiger partial charge in [0.25, 0.3) is 0 Å². The topological polar surface area (TPSA) is 43.2 Å². The van der Waals surface area contributed by atoms with Crippen LogP contribution in [0, 0.1) is 0 Å². The summed E-state index contributed by atoms with van der Waals surface area (Å²) in [5.41, 5.74) is 2.05. The molecule has 0 amide bonds. The molecule has 1 fully saturated rings. The minimum Gasteiger partial charge on any atom is -0.377 e. The van der Waals surface area contributed by atoms with Gasteiger partial charge >= 0.3 is 0 Å². The summed E-state index contributed by atoms with van der Waals surface area (Å²) in [7, 11) is 1.92. The van der Waals surface area contributed by atoms with Gasteiger partial charge < -0.3 is 9.64 Å². The third-order valence-electron chi connectivity index (χ3n) is 3.56. The number of anilines is 1. The first-order chi connectivity index (χ1) is 9.65. The summed E-state index contributed by atoms with van der Waals surface area (Å²) >= 11 is 6.19. The summed E-state index contributed by atoms with van der Waals surface area (Å²) in [6.45, 7) is 4.40. The fraction of sp³-hybridized carbons (Fsp3) is 0.429. The average Bonchev–Trinajstić information content (AvgIpc) is 2.85. The van der Waals surface area contributed by atoms with E-state index in [1.807, 2.05) is 23.9 Å². The lowest BCUT2D eigenvalue weighted by Gasteiger charge is -2.34. The second-order valence-electron chi connectivity index (χ2n) is 4.99. The van der Waals surface area contributed by atoms with E-state index in [1.54, 1.807) is 6.20 Å². The van der Waals surface area contributed by atoms with Crippen LogP contribution in [0.2, 0.25) is 5.15 Å². The van der Waals surface area contributed by atoms with E-state index in [0.29, 0.717) is 11.2 Å². The van der Waals surface area contributed by atoms with Gasteiger partial charge in [-0.3, -0.25) is 4.68 Å². The molecular weight excluding hydrogens is 276 g/mol. The predicted octanol–water partition coefficient (Wildman–Crippen LogP) is 2.36. The summed E-state index contributed by atoms with van der Waals surface area (Å²) < 4.78 is 7.30. The molecule has 0 N–H and O–H groups in total. The van der Waals surface area contributed by atoms with Gasteiger partial charge in [-0.1, -0.05) is 11.6 Å². The number of aromatic nitrogens is 3. The summed E-state index contributed by atoms with van der Waals surface area (Å²) in [6, 6.07) is 6.20. The molecule has 0 bridgehead atoms. The number of halogens is 1. The number of rotatable bonds is 2. The van der Waals surface area contributed by atoms with Crippen LogP contribution in [0.1, 0.15) is 6.92 Å². The van der Waals surface area contributed by atoms with E-state index in [9.17, 15) is 0 Å². The maximum atomic E-state index is 6.19. The lowest BCUT2D eigenvalue weighted by molar-refractivity contribution is 0.0985. The smallest absolute Gasteiger partial charge is 0.132 e. The third kappa shape index (κ3) is 2.51. The van der Waals surface area contributed by atoms with Crippen LogP contribution < -0.4 is 4.90 Å². The van der Waals surface area contributed by atoms with Crippen molar-refractivity contribution in [3.63, 3.8) is 0 Å². The molecule has 106 valence electrons. The van der Waals surface area contributed by atoms with Gasteiger partial charge in [-0.15, -0.1) is 0 Å². The van der Waals surface area contributed by atoms with Crippen LogP contribution in [-0.2, 0) is 11.8 Å². The van der Waals surface area contributed by atoms with Crippen molar-refractivity contribution in [3.8, 4) is 11.3 Å². The first-order valence-electron chi connectivity index (χ1n) is 6.65. The van der Waals surface area contributed by atoms with Gasteiger partial charge in [0.05, 0.1) is 24.9 Å². The first-order valence-corrected chi connectivity index (χ1v) is 7.03. The van der Waals surface area contributed by atoms with E-state index >= 15 is 0 Å². The minimum absolute atomic E-state index is 0.300. The summed E-state index contributed by atoms with van der Waals surface area (Å²) in [5, 5.41) is 4.70. The van der Waals surface area contributed by atoms with Crippen molar-refractivity contribution in [1.82, 2.24) is 14.8 Å². The number of aryl methyl sites for hydroxylation is 1. The highest BCUT2D eigenvalue weighted by Crippen LogP contribution is 2.27. The Bertz CT molecular complexity index is 613. The Morgan fingerprint density at radius 3 is 2.95 bits per heavy atom. The summed E-state index contributed by atoms with van der Waals surface area (Å²) in [4.78, 5) is 6.69. The van der Waals surface area contributed by atoms with Crippen molar-refractivity contribution >= 4 is 17.4 Å². The van der Waals surface area contributed by atoms with Gasteiger partial charge in [-0.05, 0) is 25.1 Å². The van der Waals surface area contributed by atoms with Crippen LogP contribution in [0.3, 0.4) is 0 Å². The van der Waals surface area contributed by atoms with Crippen molar-refractivity contribution in [2.75, 3.05) is 24.7 Å². The van der Waals surface area contributed by atoms with E-state index in [1.165, 1.54) is 0 Å². The molecule has 2 aromatic heterocycles. The molecule has 6 heteroatoms. The van der Waals surface area contributed by atoms with E-state index in [4.69, 9.17) is 16.3 Å². The second-order valence-corrected chi connectivity index (χ2v) is 5.38. The maximum Gasteiger partial charge on any atom is 0.132 e. The van der Waals surface area contributed by atoms with E-state index in [-0.39, 0.29) is 0 Å². The molecule has 0 saturated carbocycles. The van der Waals surface area contributed by atoms with Gasteiger partial charge in [-0.2, -0.15) is 5.10 Å². The highest BCUT2D eigenvalue weighted by Gasteiger charge is 2.21. The maximum absolute atomic E-state index is 6.19. The molecule has 0 aromatic carbocycles. The van der Waals surface area contributed by atoms with Gasteiger partial charge in [0.15, 0.2) is 0 Å². The van der Waals surface area contributed by atoms with Gasteiger partial charge in [-0.25, -0.2) is 4.98 Å². The molecule has 2 aromatic rings. The van der Waals surface area contributed by atoms with Crippen LogP contribution in [0.15, 0.2) is 24.4 Å². The largest absolute Gasteiger partial charge is 0.377 e. The van der Waals surface area contributed by atoms with Gasteiger partial charge in [0.1, 0.15) is 11.0 Å². The van der Waals surface area contributed by atoms with Crippen molar-refractivity contribution < 1.29 is 4.74 Å². The standard InChI is InChI=1S/C14H17ClN4O/c1-10-9-20-6-5-19(10)14-8-11(7-13(15)17-14)12-3-4-16-18(12)2/h3-4,7-8,10H,5-6,9H2,1-2H3/t10-/m1/s1. The molecule has 5 nitrogen and oxygen atoms in total.